The average Bonchev–Trinajstić information content (AvgIpc) is 2.98. The number of rotatable bonds is 6. The van der Waals surface area contributed by atoms with Gasteiger partial charge in [0, 0.05) is 38.2 Å². The second-order valence-corrected chi connectivity index (χ2v) is 3.87. The maximum Gasteiger partial charge on any atom is 0.227 e. The zero-order valence-corrected chi connectivity index (χ0v) is 10.1. The minimum atomic E-state index is -0.0302. The van der Waals surface area contributed by atoms with E-state index in [9.17, 15) is 4.79 Å². The first kappa shape index (κ1) is 12.3. The van der Waals surface area contributed by atoms with Gasteiger partial charge in [-0.1, -0.05) is 5.16 Å². The molecule has 0 aromatic carbocycles. The second kappa shape index (κ2) is 5.95. The highest BCUT2D eigenvalue weighted by atomic mass is 16.5. The molecule has 0 bridgehead atoms. The van der Waals surface area contributed by atoms with Crippen molar-refractivity contribution in [2.24, 2.45) is 0 Å². The number of amides is 1. The van der Waals surface area contributed by atoms with Crippen molar-refractivity contribution in [3.8, 4) is 0 Å². The van der Waals surface area contributed by atoms with E-state index in [1.165, 1.54) is 0 Å². The molecule has 1 amide bonds. The van der Waals surface area contributed by atoms with Gasteiger partial charge in [-0.05, 0) is 6.92 Å². The van der Waals surface area contributed by atoms with Crippen LogP contribution in [-0.4, -0.2) is 32.6 Å². The first-order valence-electron chi connectivity index (χ1n) is 5.78. The molecule has 0 radical (unpaired) electrons. The van der Waals surface area contributed by atoms with Crippen molar-refractivity contribution in [2.45, 2.75) is 26.2 Å². The number of imidazole rings is 1. The molecule has 2 N–H and O–H groups in total. The molecule has 2 rings (SSSR count). The Labute approximate surface area is 104 Å². The van der Waals surface area contributed by atoms with Gasteiger partial charge >= 0.3 is 0 Å². The van der Waals surface area contributed by atoms with Crippen LogP contribution < -0.4 is 5.32 Å². The van der Waals surface area contributed by atoms with E-state index in [-0.39, 0.29) is 5.91 Å². The first-order chi connectivity index (χ1) is 8.74. The summed E-state index contributed by atoms with van der Waals surface area (Å²) in [7, 11) is 0. The normalized spacial score (nSPS) is 10.5. The molecular formula is C11H15N5O2. The van der Waals surface area contributed by atoms with Gasteiger partial charge in [-0.15, -0.1) is 0 Å². The van der Waals surface area contributed by atoms with E-state index < -0.39 is 0 Å². The molecule has 2 heterocycles. The molecule has 0 spiro atoms. The molecule has 0 aliphatic carbocycles. The van der Waals surface area contributed by atoms with E-state index in [1.54, 1.807) is 19.3 Å². The number of nitrogens with one attached hydrogen (secondary N) is 2. The van der Waals surface area contributed by atoms with Crippen LogP contribution >= 0.6 is 0 Å². The topological polar surface area (TPSA) is 96.7 Å². The van der Waals surface area contributed by atoms with Gasteiger partial charge in [0.15, 0.2) is 5.82 Å². The molecule has 7 heteroatoms. The SMILES string of the molecule is Cc1noc(CCC(=O)NCCc2ncc[nH]2)n1. The lowest BCUT2D eigenvalue weighted by atomic mass is 10.3. The average molecular weight is 249 g/mol. The lowest BCUT2D eigenvalue weighted by molar-refractivity contribution is -0.121. The Morgan fingerprint density at radius 3 is 3.06 bits per heavy atom. The summed E-state index contributed by atoms with van der Waals surface area (Å²) >= 11 is 0. The Morgan fingerprint density at radius 2 is 2.39 bits per heavy atom. The molecule has 7 nitrogen and oxygen atoms in total. The standard InChI is InChI=1S/C11H15N5O2/c1-8-15-11(18-16-8)3-2-10(17)14-5-4-9-12-6-7-13-9/h6-7H,2-5H2,1H3,(H,12,13)(H,14,17). The number of nitrogens with zero attached hydrogens (tertiary/aromatic N) is 3. The molecule has 0 unspecified atom stereocenters. The molecule has 0 saturated heterocycles. The van der Waals surface area contributed by atoms with Crippen LogP contribution in [0, 0.1) is 6.92 Å². The summed E-state index contributed by atoms with van der Waals surface area (Å²) < 4.78 is 4.92. The summed E-state index contributed by atoms with van der Waals surface area (Å²) in [5.74, 6) is 1.91. The van der Waals surface area contributed by atoms with Crippen LogP contribution in [0.3, 0.4) is 0 Å². The number of aromatic nitrogens is 4. The molecule has 0 fully saturated rings. The van der Waals surface area contributed by atoms with Gasteiger partial charge in [0.05, 0.1) is 0 Å². The van der Waals surface area contributed by atoms with Crippen LogP contribution in [0.5, 0.6) is 0 Å². The molecule has 2 aromatic rings. The Hall–Kier alpha value is -2.18. The third-order valence-electron chi connectivity index (χ3n) is 2.37. The van der Waals surface area contributed by atoms with Crippen molar-refractivity contribution in [3.05, 3.63) is 29.9 Å². The van der Waals surface area contributed by atoms with E-state index in [2.05, 4.69) is 25.4 Å². The van der Waals surface area contributed by atoms with Crippen molar-refractivity contribution in [1.29, 1.82) is 0 Å². The summed E-state index contributed by atoms with van der Waals surface area (Å²) in [5, 5.41) is 6.47. The lowest BCUT2D eigenvalue weighted by Crippen LogP contribution is -2.26. The zero-order chi connectivity index (χ0) is 12.8. The van der Waals surface area contributed by atoms with E-state index in [4.69, 9.17) is 4.52 Å². The largest absolute Gasteiger partial charge is 0.356 e. The summed E-state index contributed by atoms with van der Waals surface area (Å²) in [6.07, 6.45) is 4.95. The number of aryl methyl sites for hydroxylation is 2. The van der Waals surface area contributed by atoms with Crippen molar-refractivity contribution in [3.63, 3.8) is 0 Å². The number of carbonyl (C=O) groups is 1. The Morgan fingerprint density at radius 1 is 1.50 bits per heavy atom. The van der Waals surface area contributed by atoms with Crippen LogP contribution in [0.15, 0.2) is 16.9 Å². The summed E-state index contributed by atoms with van der Waals surface area (Å²) in [6.45, 7) is 2.31. The van der Waals surface area contributed by atoms with Crippen molar-refractivity contribution >= 4 is 5.91 Å². The number of carbonyl (C=O) groups excluding carboxylic acids is 1. The number of H-pyrrole nitrogens is 1. The molecule has 18 heavy (non-hydrogen) atoms. The molecule has 0 saturated carbocycles. The zero-order valence-electron chi connectivity index (χ0n) is 10.1. The van der Waals surface area contributed by atoms with Crippen LogP contribution in [0.1, 0.15) is 24.0 Å². The van der Waals surface area contributed by atoms with E-state index >= 15 is 0 Å². The fourth-order valence-electron chi connectivity index (χ4n) is 1.51. The Bertz CT molecular complexity index is 491. The van der Waals surface area contributed by atoms with Gasteiger partial charge in [-0.2, -0.15) is 4.98 Å². The van der Waals surface area contributed by atoms with E-state index in [0.29, 0.717) is 37.5 Å². The lowest BCUT2D eigenvalue weighted by Gasteiger charge is -2.02. The summed E-state index contributed by atoms with van der Waals surface area (Å²) in [4.78, 5) is 22.6. The Balaban J connectivity index is 1.63. The highest BCUT2D eigenvalue weighted by Gasteiger charge is 2.07. The number of hydrogen-bond donors (Lipinski definition) is 2. The monoisotopic (exact) mass is 249 g/mol. The number of aromatic amines is 1. The molecular weight excluding hydrogens is 234 g/mol. The van der Waals surface area contributed by atoms with Crippen LogP contribution in [-0.2, 0) is 17.6 Å². The maximum atomic E-state index is 11.5. The second-order valence-electron chi connectivity index (χ2n) is 3.87. The third kappa shape index (κ3) is 3.69. The molecule has 0 atom stereocenters. The fraction of sp³-hybridized carbons (Fsp3) is 0.455. The highest BCUT2D eigenvalue weighted by molar-refractivity contribution is 5.75. The quantitative estimate of drug-likeness (QED) is 0.772. The van der Waals surface area contributed by atoms with Crippen LogP contribution in [0.25, 0.3) is 0 Å². The van der Waals surface area contributed by atoms with Gasteiger partial charge in [0.2, 0.25) is 11.8 Å². The van der Waals surface area contributed by atoms with E-state index in [1.807, 2.05) is 0 Å². The van der Waals surface area contributed by atoms with Gasteiger partial charge in [0.25, 0.3) is 0 Å². The summed E-state index contributed by atoms with van der Waals surface area (Å²) in [5.41, 5.74) is 0. The molecule has 96 valence electrons. The molecule has 0 aliphatic rings. The van der Waals surface area contributed by atoms with Gasteiger partial charge in [-0.3, -0.25) is 4.79 Å². The highest BCUT2D eigenvalue weighted by Crippen LogP contribution is 1.99. The number of hydrogen-bond acceptors (Lipinski definition) is 5. The predicted octanol–water partition coefficient (Wildman–Crippen LogP) is 0.393. The fourth-order valence-corrected chi connectivity index (χ4v) is 1.51. The van der Waals surface area contributed by atoms with Gasteiger partial charge in [0.1, 0.15) is 5.82 Å². The van der Waals surface area contributed by atoms with Crippen molar-refractivity contribution < 1.29 is 9.32 Å². The smallest absolute Gasteiger partial charge is 0.227 e. The van der Waals surface area contributed by atoms with Crippen LogP contribution in [0.2, 0.25) is 0 Å². The van der Waals surface area contributed by atoms with Gasteiger partial charge in [-0.25, -0.2) is 4.98 Å². The minimum absolute atomic E-state index is 0.0302. The van der Waals surface area contributed by atoms with Crippen molar-refractivity contribution in [1.82, 2.24) is 25.4 Å². The van der Waals surface area contributed by atoms with Crippen LogP contribution in [0.4, 0.5) is 0 Å². The summed E-state index contributed by atoms with van der Waals surface area (Å²) in [6, 6.07) is 0. The molecule has 2 aromatic heterocycles. The minimum Gasteiger partial charge on any atom is -0.356 e. The van der Waals surface area contributed by atoms with E-state index in [0.717, 1.165) is 5.82 Å². The van der Waals surface area contributed by atoms with Gasteiger partial charge < -0.3 is 14.8 Å². The predicted molar refractivity (Wildman–Crippen MR) is 62.7 cm³/mol. The Kier molecular flexibility index (Phi) is 4.06. The maximum absolute atomic E-state index is 11.5. The first-order valence-corrected chi connectivity index (χ1v) is 5.78. The van der Waals surface area contributed by atoms with Crippen molar-refractivity contribution in [2.75, 3.05) is 6.54 Å². The molecule has 0 aliphatic heterocycles. The third-order valence-corrected chi connectivity index (χ3v) is 2.37.